The van der Waals surface area contributed by atoms with Crippen LogP contribution in [0.25, 0.3) is 4.85 Å². The third kappa shape index (κ3) is 6.51. The van der Waals surface area contributed by atoms with Crippen LogP contribution in [0.5, 0.6) is 0 Å². The lowest BCUT2D eigenvalue weighted by Crippen LogP contribution is -2.54. The van der Waals surface area contributed by atoms with Crippen LogP contribution in [0.3, 0.4) is 0 Å². The Kier molecular flexibility index (Phi) is 9.05. The highest BCUT2D eigenvalue weighted by Gasteiger charge is 2.46. The first-order valence-electron chi connectivity index (χ1n) is 19.6. The Labute approximate surface area is 326 Å². The molecule has 0 aliphatic carbocycles. The van der Waals surface area contributed by atoms with Crippen LogP contribution in [0.1, 0.15) is 83.7 Å². The molecular weight excluding hydrogens is 716 g/mol. The third-order valence-electron chi connectivity index (χ3n) is 13.1. The summed E-state index contributed by atoms with van der Waals surface area (Å²) < 4.78 is 0. The minimum absolute atomic E-state index is 0.109. The van der Waals surface area contributed by atoms with E-state index in [1.807, 2.05) is 36.5 Å². The molecule has 7 heterocycles. The molecular formula is C42H45ClN8O4. The number of pyridine rings is 1. The molecule has 4 fully saturated rings. The fourth-order valence-electron chi connectivity index (χ4n) is 10.1. The summed E-state index contributed by atoms with van der Waals surface area (Å²) in [6.07, 6.45) is 7.90. The summed E-state index contributed by atoms with van der Waals surface area (Å²) in [5.74, 6) is -0.287. The minimum Gasteiger partial charge on any atom is -0.370 e. The molecule has 1 aromatic heterocycles. The average Bonchev–Trinajstić information content (AvgIpc) is 3.81. The van der Waals surface area contributed by atoms with E-state index >= 15 is 0 Å². The van der Waals surface area contributed by atoms with E-state index in [0.717, 1.165) is 112 Å². The number of carbonyl (C=O) groups excluding carboxylic acids is 4. The predicted molar refractivity (Wildman–Crippen MR) is 209 cm³/mol. The molecule has 4 amide bonds. The van der Waals surface area contributed by atoms with Gasteiger partial charge in [0.05, 0.1) is 29.6 Å². The Morgan fingerprint density at radius 1 is 0.891 bits per heavy atom. The van der Waals surface area contributed by atoms with Gasteiger partial charge in [-0.1, -0.05) is 17.7 Å². The molecule has 13 heteroatoms. The maximum absolute atomic E-state index is 13.3. The van der Waals surface area contributed by atoms with E-state index in [1.165, 1.54) is 5.69 Å². The summed E-state index contributed by atoms with van der Waals surface area (Å²) in [5, 5.41) is 2.78. The van der Waals surface area contributed by atoms with E-state index in [9.17, 15) is 19.2 Å². The van der Waals surface area contributed by atoms with E-state index in [-0.39, 0.29) is 24.2 Å². The first-order valence-corrected chi connectivity index (χ1v) is 20.0. The van der Waals surface area contributed by atoms with Gasteiger partial charge in [0, 0.05) is 75.5 Å². The van der Waals surface area contributed by atoms with Gasteiger partial charge in [0.15, 0.2) is 0 Å². The largest absolute Gasteiger partial charge is 0.370 e. The fourth-order valence-corrected chi connectivity index (χ4v) is 10.3. The van der Waals surface area contributed by atoms with E-state index in [1.54, 1.807) is 0 Å². The van der Waals surface area contributed by atoms with Crippen molar-refractivity contribution in [3.8, 4) is 0 Å². The zero-order valence-corrected chi connectivity index (χ0v) is 31.9. The Morgan fingerprint density at radius 3 is 2.20 bits per heavy atom. The highest BCUT2D eigenvalue weighted by atomic mass is 35.5. The molecule has 6 aliphatic heterocycles. The Hall–Kier alpha value is -4.99. The molecule has 3 aromatic rings. The summed E-state index contributed by atoms with van der Waals surface area (Å²) in [6, 6.07) is 13.4. The minimum atomic E-state index is -0.948. The molecule has 1 spiro atoms. The maximum Gasteiger partial charge on any atom is 0.262 e. The van der Waals surface area contributed by atoms with E-state index < -0.39 is 23.8 Å². The first kappa shape index (κ1) is 35.7. The quantitative estimate of drug-likeness (QED) is 0.246. The molecule has 1 unspecified atom stereocenters. The fraction of sp³-hybridized carbons (Fsp3) is 0.476. The van der Waals surface area contributed by atoms with Crippen molar-refractivity contribution in [1.82, 2.24) is 20.1 Å². The van der Waals surface area contributed by atoms with Crippen LogP contribution >= 0.6 is 11.6 Å². The van der Waals surface area contributed by atoms with Crippen molar-refractivity contribution in [3.05, 3.63) is 87.4 Å². The number of nitrogens with zero attached hydrogens (tertiary/aromatic N) is 7. The number of nitrogens with one attached hydrogen (secondary N) is 1. The van der Waals surface area contributed by atoms with Gasteiger partial charge in [-0.25, -0.2) is 9.83 Å². The zero-order chi connectivity index (χ0) is 38.0. The zero-order valence-electron chi connectivity index (χ0n) is 31.1. The monoisotopic (exact) mass is 760 g/mol. The van der Waals surface area contributed by atoms with Crippen LogP contribution in [0.15, 0.2) is 48.7 Å². The molecule has 0 saturated carbocycles. The number of rotatable bonds is 6. The number of benzene rings is 2. The first-order chi connectivity index (χ1) is 26.6. The smallest absolute Gasteiger partial charge is 0.262 e. The number of halogens is 1. The van der Waals surface area contributed by atoms with Crippen LogP contribution in [0.4, 0.5) is 22.9 Å². The number of imide groups is 2. The summed E-state index contributed by atoms with van der Waals surface area (Å²) in [7, 11) is 0. The van der Waals surface area contributed by atoms with Gasteiger partial charge in [0.2, 0.25) is 17.5 Å². The number of piperidine rings is 3. The number of aromatic nitrogens is 1. The second kappa shape index (κ2) is 13.9. The van der Waals surface area contributed by atoms with Crippen molar-refractivity contribution in [2.24, 2.45) is 11.3 Å². The number of carbonyl (C=O) groups is 4. The Balaban J connectivity index is 0.750. The van der Waals surface area contributed by atoms with Gasteiger partial charge in [-0.2, -0.15) is 0 Å². The van der Waals surface area contributed by atoms with Crippen molar-refractivity contribution in [2.45, 2.75) is 77.0 Å². The number of amides is 4. The summed E-state index contributed by atoms with van der Waals surface area (Å²) in [5.41, 5.74) is 5.92. The van der Waals surface area contributed by atoms with Gasteiger partial charge in [0.1, 0.15) is 11.9 Å². The average molecular weight is 761 g/mol. The Bertz CT molecular complexity index is 2070. The standard InChI is InChI=1S/C42H45ClN8O4/c1-26-20-42(25-50(26)30-3-5-35(44-2)34(43)19-30)11-15-48(16-12-42)31-4-7-37(45-21-31)49-13-9-27(10-14-49)22-47-23-28-17-32-33(18-29(28)24-47)41(55)51(40(32)54)36-6-8-38(52)46-39(36)53/h3-5,7,17-19,21,26-27,36H,6,8-16,20,22-25H2,1H3,(H,46,52,53)/t26-,36?/m0/s1. The summed E-state index contributed by atoms with van der Waals surface area (Å²) in [6.45, 7) is 17.0. The van der Waals surface area contributed by atoms with Crippen molar-refractivity contribution < 1.29 is 19.2 Å². The molecule has 0 bridgehead atoms. The van der Waals surface area contributed by atoms with Gasteiger partial charge < -0.3 is 14.7 Å². The van der Waals surface area contributed by atoms with Crippen molar-refractivity contribution in [3.63, 3.8) is 0 Å². The Morgan fingerprint density at radius 2 is 1.58 bits per heavy atom. The number of fused-ring (bicyclic) bond motifs is 2. The second-order valence-corrected chi connectivity index (χ2v) is 16.9. The molecule has 4 saturated heterocycles. The van der Waals surface area contributed by atoms with Crippen molar-refractivity contribution in [2.75, 3.05) is 54.0 Å². The van der Waals surface area contributed by atoms with Crippen molar-refractivity contribution in [1.29, 1.82) is 0 Å². The molecule has 284 valence electrons. The number of hydrogen-bond donors (Lipinski definition) is 1. The molecule has 0 radical (unpaired) electrons. The molecule has 6 aliphatic rings. The van der Waals surface area contributed by atoms with Gasteiger partial charge in [-0.05, 0) is 104 Å². The van der Waals surface area contributed by atoms with Crippen LogP contribution in [-0.2, 0) is 22.7 Å². The summed E-state index contributed by atoms with van der Waals surface area (Å²) in [4.78, 5) is 69.9. The number of hydrogen-bond acceptors (Lipinski definition) is 9. The number of anilines is 3. The maximum atomic E-state index is 13.3. The summed E-state index contributed by atoms with van der Waals surface area (Å²) >= 11 is 6.39. The van der Waals surface area contributed by atoms with Gasteiger partial charge >= 0.3 is 0 Å². The van der Waals surface area contributed by atoms with Crippen LogP contribution in [0, 0.1) is 17.9 Å². The SMILES string of the molecule is [C-]#[N+]c1ccc(N2CC3(CCN(c4ccc(N5CCC(CN6Cc7cc8c(cc7C6)C(=O)N(C6CCC(=O)NC6=O)C8=O)CC5)nc4)CC3)C[C@@H]2C)cc1Cl. The normalized spacial score (nSPS) is 24.1. The molecule has 9 rings (SSSR count). The molecule has 2 atom stereocenters. The van der Waals surface area contributed by atoms with Gasteiger partial charge in [-0.3, -0.25) is 34.3 Å². The van der Waals surface area contributed by atoms with Crippen LogP contribution in [-0.4, -0.2) is 89.8 Å². The lowest BCUT2D eigenvalue weighted by Gasteiger charge is -2.40. The van der Waals surface area contributed by atoms with Crippen LogP contribution < -0.4 is 20.0 Å². The van der Waals surface area contributed by atoms with Gasteiger partial charge in [0.25, 0.3) is 11.8 Å². The van der Waals surface area contributed by atoms with E-state index in [2.05, 4.69) is 48.8 Å². The lowest BCUT2D eigenvalue weighted by molar-refractivity contribution is -0.136. The second-order valence-electron chi connectivity index (χ2n) is 16.5. The highest BCUT2D eigenvalue weighted by molar-refractivity contribution is 6.33. The third-order valence-corrected chi connectivity index (χ3v) is 13.4. The molecule has 2 aromatic carbocycles. The topological polar surface area (TPSA) is 114 Å². The predicted octanol–water partition coefficient (Wildman–Crippen LogP) is 5.80. The van der Waals surface area contributed by atoms with Crippen molar-refractivity contribution >= 4 is 58.1 Å². The lowest BCUT2D eigenvalue weighted by atomic mass is 9.76. The van der Waals surface area contributed by atoms with E-state index in [0.29, 0.717) is 33.8 Å². The molecule has 12 nitrogen and oxygen atoms in total. The van der Waals surface area contributed by atoms with Gasteiger partial charge in [-0.15, -0.1) is 0 Å². The van der Waals surface area contributed by atoms with Crippen LogP contribution in [0.2, 0.25) is 5.02 Å². The highest BCUT2D eigenvalue weighted by Crippen LogP contribution is 2.46. The van der Waals surface area contributed by atoms with E-state index in [4.69, 9.17) is 23.2 Å². The molecule has 1 N–H and O–H groups in total. The molecule has 55 heavy (non-hydrogen) atoms.